The molecule has 1 atom stereocenters. The van der Waals surface area contributed by atoms with Gasteiger partial charge in [-0.1, -0.05) is 46.0 Å². The molecule has 29 heavy (non-hydrogen) atoms. The average Bonchev–Trinajstić information content (AvgIpc) is 2.56. The molecule has 1 aliphatic rings. The Morgan fingerprint density at radius 1 is 1.03 bits per heavy atom. The fraction of sp³-hybridized carbons (Fsp3) is 0.864. The van der Waals surface area contributed by atoms with Gasteiger partial charge in [0.2, 0.25) is 5.91 Å². The molecule has 0 saturated heterocycles. The molecule has 1 rings (SSSR count). The standard InChI is InChI=1S/C22H40N2O5/c1-7-28-18(25)15-24(17-13-11-9-8-10-12-14-17)20(26)19(16(2)3)23-21(27)29-22(4,5)6/h16-17,19H,7-15H2,1-6H3,(H,23,27)/t19-/m0/s1. The number of ether oxygens (including phenoxy) is 2. The molecular formula is C22H40N2O5. The molecule has 1 aliphatic carbocycles. The molecule has 0 spiro atoms. The molecule has 0 aromatic carbocycles. The van der Waals surface area contributed by atoms with Gasteiger partial charge in [0.15, 0.2) is 0 Å². The van der Waals surface area contributed by atoms with Gasteiger partial charge in [-0.15, -0.1) is 0 Å². The van der Waals surface area contributed by atoms with E-state index in [1.54, 1.807) is 32.6 Å². The molecule has 1 N–H and O–H groups in total. The Morgan fingerprint density at radius 2 is 1.59 bits per heavy atom. The molecule has 0 heterocycles. The summed E-state index contributed by atoms with van der Waals surface area (Å²) in [7, 11) is 0. The molecule has 0 aromatic heterocycles. The molecular weight excluding hydrogens is 372 g/mol. The van der Waals surface area contributed by atoms with Gasteiger partial charge in [0.1, 0.15) is 18.2 Å². The third-order valence-corrected chi connectivity index (χ3v) is 5.01. The fourth-order valence-electron chi connectivity index (χ4n) is 3.61. The zero-order valence-electron chi connectivity index (χ0n) is 19.1. The zero-order valence-corrected chi connectivity index (χ0v) is 19.1. The maximum Gasteiger partial charge on any atom is 0.408 e. The van der Waals surface area contributed by atoms with Gasteiger partial charge < -0.3 is 19.7 Å². The summed E-state index contributed by atoms with van der Waals surface area (Å²) in [6.07, 6.45) is 6.66. The van der Waals surface area contributed by atoms with Crippen LogP contribution in [-0.4, -0.2) is 53.7 Å². The summed E-state index contributed by atoms with van der Waals surface area (Å²) in [5.41, 5.74) is -0.654. The van der Waals surface area contributed by atoms with E-state index < -0.39 is 23.7 Å². The maximum absolute atomic E-state index is 13.5. The Kier molecular flexibility index (Phi) is 10.5. The van der Waals surface area contributed by atoms with E-state index in [2.05, 4.69) is 5.32 Å². The van der Waals surface area contributed by atoms with Crippen LogP contribution in [0.15, 0.2) is 0 Å². The second-order valence-corrected chi connectivity index (χ2v) is 9.14. The highest BCUT2D eigenvalue weighted by molar-refractivity contribution is 5.89. The van der Waals surface area contributed by atoms with Crippen molar-refractivity contribution in [3.63, 3.8) is 0 Å². The molecule has 0 unspecified atom stereocenters. The SMILES string of the molecule is CCOC(=O)CN(C(=O)[C@@H](NC(=O)OC(C)(C)C)C(C)C)C1CCCCCCC1. The molecule has 168 valence electrons. The summed E-state index contributed by atoms with van der Waals surface area (Å²) in [4.78, 5) is 39.6. The largest absolute Gasteiger partial charge is 0.465 e. The second-order valence-electron chi connectivity index (χ2n) is 9.14. The molecule has 0 aromatic rings. The Hall–Kier alpha value is -1.79. The maximum atomic E-state index is 13.5. The van der Waals surface area contributed by atoms with Crippen molar-refractivity contribution in [3.8, 4) is 0 Å². The lowest BCUT2D eigenvalue weighted by Gasteiger charge is -2.36. The van der Waals surface area contributed by atoms with E-state index >= 15 is 0 Å². The lowest BCUT2D eigenvalue weighted by Crippen LogP contribution is -2.56. The zero-order chi connectivity index (χ0) is 22.0. The third kappa shape index (κ3) is 9.50. The number of nitrogens with zero attached hydrogens (tertiary/aromatic N) is 1. The molecule has 7 nitrogen and oxygen atoms in total. The Balaban J connectivity index is 3.02. The van der Waals surface area contributed by atoms with E-state index in [9.17, 15) is 14.4 Å². The number of esters is 1. The van der Waals surface area contributed by atoms with Crippen LogP contribution >= 0.6 is 0 Å². The van der Waals surface area contributed by atoms with Crippen LogP contribution in [0, 0.1) is 5.92 Å². The number of alkyl carbamates (subject to hydrolysis) is 1. The lowest BCUT2D eigenvalue weighted by atomic mass is 9.94. The van der Waals surface area contributed by atoms with Crippen molar-refractivity contribution >= 4 is 18.0 Å². The number of hydrogen-bond donors (Lipinski definition) is 1. The van der Waals surface area contributed by atoms with Crippen molar-refractivity contribution in [2.45, 2.75) is 104 Å². The van der Waals surface area contributed by atoms with Crippen molar-refractivity contribution in [1.29, 1.82) is 0 Å². The van der Waals surface area contributed by atoms with Crippen LogP contribution in [0.2, 0.25) is 0 Å². The number of carbonyl (C=O) groups excluding carboxylic acids is 3. The van der Waals surface area contributed by atoms with Gasteiger partial charge in [0.25, 0.3) is 0 Å². The smallest absolute Gasteiger partial charge is 0.408 e. The number of rotatable bonds is 7. The van der Waals surface area contributed by atoms with Gasteiger partial charge in [-0.2, -0.15) is 0 Å². The highest BCUT2D eigenvalue weighted by Crippen LogP contribution is 2.23. The predicted octanol–water partition coefficient (Wildman–Crippen LogP) is 4.04. The topological polar surface area (TPSA) is 84.9 Å². The van der Waals surface area contributed by atoms with Gasteiger partial charge in [0, 0.05) is 6.04 Å². The van der Waals surface area contributed by atoms with Crippen LogP contribution in [0.5, 0.6) is 0 Å². The minimum absolute atomic E-state index is 0.0195. The fourth-order valence-corrected chi connectivity index (χ4v) is 3.61. The van der Waals surface area contributed by atoms with Gasteiger partial charge in [-0.3, -0.25) is 9.59 Å². The van der Waals surface area contributed by atoms with Crippen molar-refractivity contribution in [2.24, 2.45) is 5.92 Å². The van der Waals surface area contributed by atoms with Crippen LogP contribution in [0.4, 0.5) is 4.79 Å². The lowest BCUT2D eigenvalue weighted by molar-refractivity contribution is -0.152. The molecule has 0 radical (unpaired) electrons. The summed E-state index contributed by atoms with van der Waals surface area (Å²) in [6, 6.07) is -0.779. The highest BCUT2D eigenvalue weighted by atomic mass is 16.6. The van der Waals surface area contributed by atoms with Crippen molar-refractivity contribution in [3.05, 3.63) is 0 Å². The number of carbonyl (C=O) groups is 3. The summed E-state index contributed by atoms with van der Waals surface area (Å²) in [5, 5.41) is 2.72. The van der Waals surface area contributed by atoms with Crippen LogP contribution in [0.25, 0.3) is 0 Å². The first-order chi connectivity index (χ1) is 13.5. The van der Waals surface area contributed by atoms with Crippen molar-refractivity contribution < 1.29 is 23.9 Å². The quantitative estimate of drug-likeness (QED) is 0.638. The van der Waals surface area contributed by atoms with Crippen LogP contribution in [0.1, 0.15) is 86.5 Å². The Morgan fingerprint density at radius 3 is 2.07 bits per heavy atom. The van der Waals surface area contributed by atoms with E-state index in [1.165, 1.54) is 6.42 Å². The van der Waals surface area contributed by atoms with E-state index in [4.69, 9.17) is 9.47 Å². The van der Waals surface area contributed by atoms with Gasteiger partial charge in [0.05, 0.1) is 6.61 Å². The first kappa shape index (κ1) is 25.2. The highest BCUT2D eigenvalue weighted by Gasteiger charge is 2.35. The van der Waals surface area contributed by atoms with Gasteiger partial charge in [-0.05, 0) is 46.5 Å². The van der Waals surface area contributed by atoms with E-state index in [0.29, 0.717) is 0 Å². The Labute approximate surface area is 175 Å². The summed E-state index contributed by atoms with van der Waals surface area (Å²) in [5.74, 6) is -0.805. The number of hydrogen-bond acceptors (Lipinski definition) is 5. The van der Waals surface area contributed by atoms with Gasteiger partial charge >= 0.3 is 12.1 Å². The number of nitrogens with one attached hydrogen (secondary N) is 1. The molecule has 0 aliphatic heterocycles. The number of amides is 2. The predicted molar refractivity (Wildman–Crippen MR) is 112 cm³/mol. The van der Waals surface area contributed by atoms with E-state index in [1.807, 2.05) is 13.8 Å². The third-order valence-electron chi connectivity index (χ3n) is 5.01. The molecule has 2 amide bonds. The normalized spacial score (nSPS) is 17.1. The minimum Gasteiger partial charge on any atom is -0.465 e. The minimum atomic E-state index is -0.760. The molecule has 1 fully saturated rings. The average molecular weight is 413 g/mol. The van der Waals surface area contributed by atoms with Gasteiger partial charge in [-0.25, -0.2) is 4.79 Å². The first-order valence-electron chi connectivity index (χ1n) is 11.0. The molecule has 1 saturated carbocycles. The van der Waals surface area contributed by atoms with Crippen molar-refractivity contribution in [2.75, 3.05) is 13.2 Å². The van der Waals surface area contributed by atoms with Crippen LogP contribution in [-0.2, 0) is 19.1 Å². The van der Waals surface area contributed by atoms with E-state index in [-0.39, 0.29) is 31.0 Å². The Bertz CT molecular complexity index is 534. The molecule has 7 heteroatoms. The second kappa shape index (κ2) is 12.0. The van der Waals surface area contributed by atoms with Crippen LogP contribution in [0.3, 0.4) is 0 Å². The van der Waals surface area contributed by atoms with E-state index in [0.717, 1.165) is 38.5 Å². The first-order valence-corrected chi connectivity index (χ1v) is 11.0. The van der Waals surface area contributed by atoms with Crippen LogP contribution < -0.4 is 5.32 Å². The summed E-state index contributed by atoms with van der Waals surface area (Å²) >= 11 is 0. The summed E-state index contributed by atoms with van der Waals surface area (Å²) < 4.78 is 10.4. The monoisotopic (exact) mass is 412 g/mol. The summed E-state index contributed by atoms with van der Waals surface area (Å²) in [6.45, 7) is 11.0. The molecule has 0 bridgehead atoms. The van der Waals surface area contributed by atoms with Crippen molar-refractivity contribution in [1.82, 2.24) is 10.2 Å².